The van der Waals surface area contributed by atoms with E-state index in [1.807, 2.05) is 54.6 Å². The molecule has 0 spiro atoms. The van der Waals surface area contributed by atoms with Gasteiger partial charge in [-0.05, 0) is 47.6 Å². The van der Waals surface area contributed by atoms with Crippen molar-refractivity contribution in [3.63, 3.8) is 0 Å². The number of nitrogens with one attached hydrogen (secondary N) is 2. The predicted molar refractivity (Wildman–Crippen MR) is 136 cm³/mol. The van der Waals surface area contributed by atoms with Crippen LogP contribution in [-0.4, -0.2) is 24.2 Å². The molecule has 2 N–H and O–H groups in total. The maximum atomic E-state index is 12.1. The number of ether oxygens (including phenoxy) is 3. The molecule has 1 aliphatic rings. The molecular weight excluding hydrogens is 464 g/mol. The fraction of sp³-hybridized carbons (Fsp3) is 0.222. The van der Waals surface area contributed by atoms with Crippen LogP contribution in [0.4, 0.5) is 0 Å². The monoisotopic (exact) mass is 490 g/mol. The van der Waals surface area contributed by atoms with Crippen molar-refractivity contribution in [3.05, 3.63) is 89.5 Å². The maximum absolute atomic E-state index is 12.1. The van der Waals surface area contributed by atoms with E-state index in [9.17, 15) is 9.59 Å². The highest BCUT2D eigenvalue weighted by molar-refractivity contribution is 7.80. The summed E-state index contributed by atoms with van der Waals surface area (Å²) in [7, 11) is 1.61. The summed E-state index contributed by atoms with van der Waals surface area (Å²) >= 11 is 5.67. The first-order chi connectivity index (χ1) is 16.8. The van der Waals surface area contributed by atoms with Crippen LogP contribution in [0.2, 0.25) is 0 Å². The lowest BCUT2D eigenvalue weighted by atomic mass is 9.75. The molecule has 1 fully saturated rings. The van der Waals surface area contributed by atoms with Gasteiger partial charge in [0.1, 0.15) is 17.2 Å². The van der Waals surface area contributed by atoms with Gasteiger partial charge in [-0.25, -0.2) is 0 Å². The smallest absolute Gasteiger partial charge is 0.308 e. The summed E-state index contributed by atoms with van der Waals surface area (Å²) in [5, 5.41) is 7.28. The second-order valence-electron chi connectivity index (χ2n) is 8.24. The molecule has 3 aromatic rings. The van der Waals surface area contributed by atoms with Crippen LogP contribution in [0.15, 0.2) is 72.8 Å². The Morgan fingerprint density at radius 3 is 2.20 bits per heavy atom. The molecule has 35 heavy (non-hydrogen) atoms. The number of benzene rings is 3. The number of carbonyl (C=O) groups excluding carboxylic acids is 2. The molecule has 0 aromatic heterocycles. The number of methoxy groups -OCH3 is 1. The van der Waals surface area contributed by atoms with E-state index in [4.69, 9.17) is 26.4 Å². The summed E-state index contributed by atoms with van der Waals surface area (Å²) in [5.41, 5.74) is 1.78. The van der Waals surface area contributed by atoms with E-state index in [2.05, 4.69) is 10.6 Å². The van der Waals surface area contributed by atoms with E-state index in [1.165, 1.54) is 13.8 Å². The summed E-state index contributed by atoms with van der Waals surface area (Å²) in [6.07, 6.45) is 0.546. The molecule has 1 heterocycles. The fourth-order valence-electron chi connectivity index (χ4n) is 4.41. The second-order valence-corrected chi connectivity index (χ2v) is 8.65. The van der Waals surface area contributed by atoms with E-state index in [1.54, 1.807) is 25.3 Å². The molecule has 0 amide bonds. The van der Waals surface area contributed by atoms with Gasteiger partial charge in [-0.15, -0.1) is 0 Å². The van der Waals surface area contributed by atoms with Gasteiger partial charge in [-0.3, -0.25) is 9.59 Å². The molecule has 3 aromatic carbocycles. The standard InChI is InChI=1S/C27H26N2O5S/c1-17(30)33-22-13-14-23(25(15-22)34-18(2)31)27(20-9-11-21(32-3)12-10-20)16-24(28-26(35)29-27)19-7-5-4-6-8-19/h4-15,24H,16H2,1-3H3,(H2,28,29,35)/t24-,27-/m1/s1. The van der Waals surface area contributed by atoms with E-state index in [0.717, 1.165) is 11.1 Å². The number of esters is 2. The number of thiocarbonyl (C=S) groups is 1. The van der Waals surface area contributed by atoms with Crippen LogP contribution in [0, 0.1) is 0 Å². The third-order valence-electron chi connectivity index (χ3n) is 5.86. The van der Waals surface area contributed by atoms with Crippen LogP contribution >= 0.6 is 12.2 Å². The SMILES string of the molecule is COc1ccc([C@@]2(c3ccc(OC(C)=O)cc3OC(C)=O)C[C@H](c3ccccc3)NC(=S)N2)cc1. The highest BCUT2D eigenvalue weighted by Gasteiger charge is 2.44. The number of hydrogen-bond acceptors (Lipinski definition) is 6. The second kappa shape index (κ2) is 10.1. The zero-order valence-corrected chi connectivity index (χ0v) is 20.5. The van der Waals surface area contributed by atoms with Crippen LogP contribution in [0.25, 0.3) is 0 Å². The topological polar surface area (TPSA) is 85.9 Å². The Kier molecular flexibility index (Phi) is 7.02. The van der Waals surface area contributed by atoms with Crippen LogP contribution in [-0.2, 0) is 15.1 Å². The van der Waals surface area contributed by atoms with Crippen molar-refractivity contribution >= 4 is 29.3 Å². The summed E-state index contributed by atoms with van der Waals surface area (Å²) in [6, 6.07) is 22.6. The Morgan fingerprint density at radius 2 is 1.57 bits per heavy atom. The van der Waals surface area contributed by atoms with Crippen LogP contribution in [0.5, 0.6) is 17.2 Å². The lowest BCUT2D eigenvalue weighted by molar-refractivity contribution is -0.132. The first kappa shape index (κ1) is 24.2. The summed E-state index contributed by atoms with van der Waals surface area (Å²) in [4.78, 5) is 23.6. The zero-order valence-electron chi connectivity index (χ0n) is 19.7. The largest absolute Gasteiger partial charge is 0.497 e. The van der Waals surface area contributed by atoms with Crippen molar-refractivity contribution in [2.75, 3.05) is 7.11 Å². The molecule has 1 aliphatic heterocycles. The van der Waals surface area contributed by atoms with Gasteiger partial charge in [-0.1, -0.05) is 42.5 Å². The van der Waals surface area contributed by atoms with E-state index < -0.39 is 17.5 Å². The Morgan fingerprint density at radius 1 is 0.914 bits per heavy atom. The maximum Gasteiger partial charge on any atom is 0.308 e. The minimum absolute atomic E-state index is 0.120. The Hall–Kier alpha value is -3.91. The van der Waals surface area contributed by atoms with E-state index in [-0.39, 0.29) is 17.5 Å². The van der Waals surface area contributed by atoms with Crippen LogP contribution < -0.4 is 24.8 Å². The number of hydrogen-bond donors (Lipinski definition) is 2. The van der Waals surface area contributed by atoms with Crippen molar-refractivity contribution in [2.45, 2.75) is 31.8 Å². The predicted octanol–water partition coefficient (Wildman–Crippen LogP) is 4.40. The molecule has 8 heteroatoms. The summed E-state index contributed by atoms with van der Waals surface area (Å²) in [6.45, 7) is 2.64. The van der Waals surface area contributed by atoms with Crippen LogP contribution in [0.3, 0.4) is 0 Å². The van der Waals surface area contributed by atoms with Gasteiger partial charge >= 0.3 is 11.9 Å². The first-order valence-electron chi connectivity index (χ1n) is 11.1. The number of carbonyl (C=O) groups is 2. The molecule has 2 atom stereocenters. The molecule has 0 radical (unpaired) electrons. The third kappa shape index (κ3) is 5.27. The number of rotatable bonds is 6. The van der Waals surface area contributed by atoms with Crippen molar-refractivity contribution in [1.82, 2.24) is 10.6 Å². The molecule has 180 valence electrons. The minimum atomic E-state index is -0.866. The molecular formula is C27H26N2O5S. The highest BCUT2D eigenvalue weighted by atomic mass is 32.1. The third-order valence-corrected chi connectivity index (χ3v) is 6.08. The van der Waals surface area contributed by atoms with Gasteiger partial charge in [0.25, 0.3) is 0 Å². The molecule has 7 nitrogen and oxygen atoms in total. The lowest BCUT2D eigenvalue weighted by Crippen LogP contribution is -2.58. The lowest BCUT2D eigenvalue weighted by Gasteiger charge is -2.45. The normalized spacial score (nSPS) is 19.2. The average molecular weight is 491 g/mol. The summed E-state index contributed by atoms with van der Waals surface area (Å²) < 4.78 is 16.2. The zero-order chi connectivity index (χ0) is 25.0. The molecule has 1 saturated heterocycles. The van der Waals surface area contributed by atoms with Gasteiger partial charge in [0.2, 0.25) is 0 Å². The Bertz CT molecular complexity index is 1250. The summed E-state index contributed by atoms with van der Waals surface area (Å²) in [5.74, 6) is 0.300. The van der Waals surface area contributed by atoms with Gasteiger partial charge < -0.3 is 24.8 Å². The Labute approximate surface area is 209 Å². The van der Waals surface area contributed by atoms with E-state index in [0.29, 0.717) is 22.8 Å². The van der Waals surface area contributed by atoms with Crippen molar-refractivity contribution in [1.29, 1.82) is 0 Å². The average Bonchev–Trinajstić information content (AvgIpc) is 2.83. The van der Waals surface area contributed by atoms with E-state index >= 15 is 0 Å². The quantitative estimate of drug-likeness (QED) is 0.299. The molecule has 0 bridgehead atoms. The van der Waals surface area contributed by atoms with Gasteiger partial charge in [0.15, 0.2) is 5.11 Å². The molecule has 0 saturated carbocycles. The van der Waals surface area contributed by atoms with Gasteiger partial charge in [0, 0.05) is 31.9 Å². The van der Waals surface area contributed by atoms with Crippen LogP contribution in [0.1, 0.15) is 43.0 Å². The highest BCUT2D eigenvalue weighted by Crippen LogP contribution is 2.45. The molecule has 0 unspecified atom stereocenters. The van der Waals surface area contributed by atoms with Crippen molar-refractivity contribution in [3.8, 4) is 17.2 Å². The van der Waals surface area contributed by atoms with Gasteiger partial charge in [-0.2, -0.15) is 0 Å². The van der Waals surface area contributed by atoms with Crippen molar-refractivity contribution < 1.29 is 23.8 Å². The van der Waals surface area contributed by atoms with Gasteiger partial charge in [0.05, 0.1) is 18.7 Å². The van der Waals surface area contributed by atoms with Crippen molar-refractivity contribution in [2.24, 2.45) is 0 Å². The Balaban J connectivity index is 1.91. The first-order valence-corrected chi connectivity index (χ1v) is 11.5. The molecule has 0 aliphatic carbocycles. The fourth-order valence-corrected chi connectivity index (χ4v) is 4.72. The molecule has 4 rings (SSSR count). The minimum Gasteiger partial charge on any atom is -0.497 e.